The van der Waals surface area contributed by atoms with Gasteiger partial charge in [0.1, 0.15) is 5.82 Å². The number of carbonyl (C=O) groups is 1. The van der Waals surface area contributed by atoms with Gasteiger partial charge in [-0.15, -0.1) is 0 Å². The molecule has 1 amide bonds. The lowest BCUT2D eigenvalue weighted by molar-refractivity contribution is -0.124. The summed E-state index contributed by atoms with van der Waals surface area (Å²) >= 11 is 3.35. The molecule has 2 aromatic carbocycles. The van der Waals surface area contributed by atoms with Crippen LogP contribution in [-0.2, 0) is 10.2 Å². The minimum Gasteiger partial charge on any atom is -0.378 e. The SMILES string of the molecule is Cc1ccc(-n2nc(C(C)(C)C)cc2NC(=O)C(O)c2ccc(Br)cc2)cc1. The molecule has 3 aromatic rings. The van der Waals surface area contributed by atoms with E-state index in [1.54, 1.807) is 28.9 Å². The summed E-state index contributed by atoms with van der Waals surface area (Å²) in [6, 6.07) is 16.8. The molecule has 0 fully saturated rings. The molecule has 0 aliphatic carbocycles. The van der Waals surface area contributed by atoms with Crippen LogP contribution in [0, 0.1) is 6.92 Å². The number of halogens is 1. The second-order valence-electron chi connectivity index (χ2n) is 7.86. The van der Waals surface area contributed by atoms with E-state index in [-0.39, 0.29) is 5.41 Å². The molecule has 0 spiro atoms. The van der Waals surface area contributed by atoms with E-state index in [0.29, 0.717) is 11.4 Å². The maximum absolute atomic E-state index is 12.7. The van der Waals surface area contributed by atoms with Gasteiger partial charge >= 0.3 is 0 Å². The van der Waals surface area contributed by atoms with Crippen LogP contribution in [0.15, 0.2) is 59.1 Å². The van der Waals surface area contributed by atoms with Crippen LogP contribution < -0.4 is 5.32 Å². The molecule has 0 aliphatic heterocycles. The van der Waals surface area contributed by atoms with Gasteiger partial charge in [0.2, 0.25) is 0 Å². The highest BCUT2D eigenvalue weighted by molar-refractivity contribution is 9.10. The number of aromatic nitrogens is 2. The summed E-state index contributed by atoms with van der Waals surface area (Å²) in [7, 11) is 0. The molecular formula is C22H24BrN3O2. The molecule has 0 saturated heterocycles. The number of nitrogens with zero attached hydrogens (tertiary/aromatic N) is 2. The van der Waals surface area contributed by atoms with Crippen LogP contribution in [0.2, 0.25) is 0 Å². The average Bonchev–Trinajstić information content (AvgIpc) is 3.06. The fraction of sp³-hybridized carbons (Fsp3) is 0.273. The molecule has 1 heterocycles. The molecule has 0 aliphatic rings. The van der Waals surface area contributed by atoms with Crippen molar-refractivity contribution in [1.82, 2.24) is 9.78 Å². The zero-order valence-electron chi connectivity index (χ0n) is 16.4. The Morgan fingerprint density at radius 3 is 2.29 bits per heavy atom. The van der Waals surface area contributed by atoms with Crippen molar-refractivity contribution in [3.05, 3.63) is 75.9 Å². The molecule has 0 radical (unpaired) electrons. The zero-order valence-corrected chi connectivity index (χ0v) is 18.0. The number of nitrogens with one attached hydrogen (secondary N) is 1. The molecular weight excluding hydrogens is 418 g/mol. The van der Waals surface area contributed by atoms with Crippen molar-refractivity contribution >= 4 is 27.7 Å². The highest BCUT2D eigenvalue weighted by atomic mass is 79.9. The molecule has 0 saturated carbocycles. The molecule has 1 atom stereocenters. The van der Waals surface area contributed by atoms with Crippen molar-refractivity contribution < 1.29 is 9.90 Å². The van der Waals surface area contributed by atoms with Crippen molar-refractivity contribution in [2.75, 3.05) is 5.32 Å². The zero-order chi connectivity index (χ0) is 20.5. The van der Waals surface area contributed by atoms with E-state index in [0.717, 1.165) is 21.4 Å². The van der Waals surface area contributed by atoms with Crippen LogP contribution in [0.1, 0.15) is 43.7 Å². The second kappa shape index (κ2) is 7.89. The first-order valence-corrected chi connectivity index (χ1v) is 9.86. The Hall–Kier alpha value is -2.44. The molecule has 0 bridgehead atoms. The predicted octanol–water partition coefficient (Wildman–Crippen LogP) is 4.91. The monoisotopic (exact) mass is 441 g/mol. The molecule has 146 valence electrons. The molecule has 6 heteroatoms. The van der Waals surface area contributed by atoms with Crippen molar-refractivity contribution in [3.8, 4) is 5.69 Å². The first-order chi connectivity index (χ1) is 13.1. The van der Waals surface area contributed by atoms with Crippen molar-refractivity contribution in [2.45, 2.75) is 39.2 Å². The number of anilines is 1. The fourth-order valence-corrected chi connectivity index (χ4v) is 2.97. The van der Waals surface area contributed by atoms with E-state index in [2.05, 4.69) is 42.0 Å². The summed E-state index contributed by atoms with van der Waals surface area (Å²) in [6.07, 6.45) is -1.27. The number of aliphatic hydroxyl groups is 1. The maximum atomic E-state index is 12.7. The van der Waals surface area contributed by atoms with Crippen molar-refractivity contribution in [2.24, 2.45) is 0 Å². The van der Waals surface area contributed by atoms with Crippen LogP contribution in [0.3, 0.4) is 0 Å². The molecule has 28 heavy (non-hydrogen) atoms. The van der Waals surface area contributed by atoms with Gasteiger partial charge in [0.15, 0.2) is 6.10 Å². The molecule has 3 rings (SSSR count). The topological polar surface area (TPSA) is 67.2 Å². The van der Waals surface area contributed by atoms with E-state index in [1.807, 2.05) is 37.3 Å². The summed E-state index contributed by atoms with van der Waals surface area (Å²) in [5.41, 5.74) is 3.18. The standard InChI is InChI=1S/C22H24BrN3O2/c1-14-5-11-17(12-6-14)26-19(13-18(25-26)22(2,3)4)24-21(28)20(27)15-7-9-16(23)10-8-15/h5-13,20,27H,1-4H3,(H,24,28). The number of aryl methyl sites for hydroxylation is 1. The normalized spacial score (nSPS) is 12.6. The van der Waals surface area contributed by atoms with Gasteiger partial charge in [-0.3, -0.25) is 4.79 Å². The van der Waals surface area contributed by atoms with Gasteiger partial charge in [0.25, 0.3) is 5.91 Å². The van der Waals surface area contributed by atoms with Crippen LogP contribution in [0.25, 0.3) is 5.69 Å². The van der Waals surface area contributed by atoms with Gasteiger partial charge in [-0.1, -0.05) is 66.5 Å². The van der Waals surface area contributed by atoms with Gasteiger partial charge in [-0.2, -0.15) is 5.10 Å². The lowest BCUT2D eigenvalue weighted by atomic mass is 9.92. The number of amides is 1. The highest BCUT2D eigenvalue weighted by Crippen LogP contribution is 2.27. The van der Waals surface area contributed by atoms with Crippen LogP contribution in [0.5, 0.6) is 0 Å². The number of aliphatic hydroxyl groups excluding tert-OH is 1. The third kappa shape index (κ3) is 4.51. The largest absolute Gasteiger partial charge is 0.378 e. The molecule has 1 aromatic heterocycles. The average molecular weight is 442 g/mol. The van der Waals surface area contributed by atoms with Gasteiger partial charge in [-0.05, 0) is 36.8 Å². The van der Waals surface area contributed by atoms with Gasteiger partial charge in [0, 0.05) is 16.0 Å². The third-order valence-electron chi connectivity index (χ3n) is 4.44. The lowest BCUT2D eigenvalue weighted by Crippen LogP contribution is -2.22. The van der Waals surface area contributed by atoms with E-state index in [9.17, 15) is 9.90 Å². The summed E-state index contributed by atoms with van der Waals surface area (Å²) < 4.78 is 2.59. The summed E-state index contributed by atoms with van der Waals surface area (Å²) in [5, 5.41) is 18.0. The van der Waals surface area contributed by atoms with Gasteiger partial charge in [0.05, 0.1) is 11.4 Å². The Morgan fingerprint density at radius 1 is 1.11 bits per heavy atom. The van der Waals surface area contributed by atoms with Gasteiger partial charge < -0.3 is 10.4 Å². The van der Waals surface area contributed by atoms with Crippen LogP contribution in [0.4, 0.5) is 5.82 Å². The molecule has 1 unspecified atom stereocenters. The van der Waals surface area contributed by atoms with E-state index >= 15 is 0 Å². The summed E-state index contributed by atoms with van der Waals surface area (Å²) in [6.45, 7) is 8.22. The first kappa shape index (κ1) is 20.3. The third-order valence-corrected chi connectivity index (χ3v) is 4.97. The summed E-state index contributed by atoms with van der Waals surface area (Å²) in [4.78, 5) is 12.7. The van der Waals surface area contributed by atoms with Gasteiger partial charge in [-0.25, -0.2) is 4.68 Å². The Kier molecular flexibility index (Phi) is 5.72. The second-order valence-corrected chi connectivity index (χ2v) is 8.77. The summed E-state index contributed by atoms with van der Waals surface area (Å²) in [5.74, 6) is 0.0194. The van der Waals surface area contributed by atoms with Crippen LogP contribution >= 0.6 is 15.9 Å². The molecule has 2 N–H and O–H groups in total. The maximum Gasteiger partial charge on any atom is 0.258 e. The van der Waals surface area contributed by atoms with Crippen molar-refractivity contribution in [1.29, 1.82) is 0 Å². The fourth-order valence-electron chi connectivity index (χ4n) is 2.71. The number of rotatable bonds is 4. The van der Waals surface area contributed by atoms with E-state index in [1.165, 1.54) is 0 Å². The van der Waals surface area contributed by atoms with E-state index in [4.69, 9.17) is 5.10 Å². The van der Waals surface area contributed by atoms with Crippen molar-refractivity contribution in [3.63, 3.8) is 0 Å². The number of benzene rings is 2. The lowest BCUT2D eigenvalue weighted by Gasteiger charge is -2.14. The highest BCUT2D eigenvalue weighted by Gasteiger charge is 2.24. The minimum absolute atomic E-state index is 0.181. The Bertz CT molecular complexity index is 971. The first-order valence-electron chi connectivity index (χ1n) is 9.07. The van der Waals surface area contributed by atoms with Crippen LogP contribution in [-0.4, -0.2) is 20.8 Å². The molecule has 5 nitrogen and oxygen atoms in total. The quantitative estimate of drug-likeness (QED) is 0.603. The predicted molar refractivity (Wildman–Crippen MR) is 115 cm³/mol. The Labute approximate surface area is 173 Å². The Morgan fingerprint density at radius 2 is 1.71 bits per heavy atom. The van der Waals surface area contributed by atoms with E-state index < -0.39 is 12.0 Å². The smallest absolute Gasteiger partial charge is 0.258 e. The number of hydrogen-bond acceptors (Lipinski definition) is 3. The minimum atomic E-state index is -1.27. The number of carbonyl (C=O) groups excluding carboxylic acids is 1. The number of hydrogen-bond donors (Lipinski definition) is 2. The Balaban J connectivity index is 1.93.